The summed E-state index contributed by atoms with van der Waals surface area (Å²) in [4.78, 5) is 11.7. The zero-order valence-corrected chi connectivity index (χ0v) is 11.3. The molecule has 0 aromatic heterocycles. The van der Waals surface area contributed by atoms with Crippen LogP contribution in [0.3, 0.4) is 0 Å². The maximum atomic E-state index is 11.7. The molecular weight excluding hydrogens is 268 g/mol. The van der Waals surface area contributed by atoms with Crippen molar-refractivity contribution in [3.63, 3.8) is 0 Å². The molecule has 0 radical (unpaired) electrons. The second-order valence-electron chi connectivity index (χ2n) is 3.76. The van der Waals surface area contributed by atoms with Crippen LogP contribution in [0.15, 0.2) is 28.7 Å². The number of nitrogens with one attached hydrogen (secondary N) is 2. The summed E-state index contributed by atoms with van der Waals surface area (Å²) in [6, 6.07) is 7.71. The van der Waals surface area contributed by atoms with Crippen LogP contribution in [0.5, 0.6) is 0 Å². The molecule has 0 heterocycles. The average Bonchev–Trinajstić information content (AvgIpc) is 2.28. The van der Waals surface area contributed by atoms with Crippen LogP contribution in [0, 0.1) is 0 Å². The second kappa shape index (κ2) is 6.01. The molecule has 0 fully saturated rings. The summed E-state index contributed by atoms with van der Waals surface area (Å²) in [6.45, 7) is 3.81. The van der Waals surface area contributed by atoms with Crippen molar-refractivity contribution in [1.29, 1.82) is 0 Å². The lowest BCUT2D eigenvalue weighted by atomic mass is 10.1. The molecule has 0 saturated heterocycles. The van der Waals surface area contributed by atoms with E-state index in [2.05, 4.69) is 26.6 Å². The molecule has 1 rings (SSSR count). The molecule has 0 bridgehead atoms. The van der Waals surface area contributed by atoms with Gasteiger partial charge in [-0.2, -0.15) is 0 Å². The van der Waals surface area contributed by atoms with Gasteiger partial charge in [-0.25, -0.2) is 0 Å². The highest BCUT2D eigenvalue weighted by Crippen LogP contribution is 2.22. The van der Waals surface area contributed by atoms with E-state index in [9.17, 15) is 4.79 Å². The van der Waals surface area contributed by atoms with Crippen molar-refractivity contribution < 1.29 is 4.79 Å². The summed E-state index contributed by atoms with van der Waals surface area (Å²) >= 11 is 3.47. The van der Waals surface area contributed by atoms with E-state index in [1.807, 2.05) is 38.1 Å². The summed E-state index contributed by atoms with van der Waals surface area (Å²) in [6.07, 6.45) is 0. The van der Waals surface area contributed by atoms with E-state index in [4.69, 9.17) is 0 Å². The number of rotatable bonds is 4. The van der Waals surface area contributed by atoms with Crippen molar-refractivity contribution in [3.8, 4) is 0 Å². The Morgan fingerprint density at radius 1 is 1.31 bits per heavy atom. The van der Waals surface area contributed by atoms with Crippen LogP contribution < -0.4 is 10.6 Å². The van der Waals surface area contributed by atoms with Gasteiger partial charge in [-0.3, -0.25) is 4.79 Å². The van der Waals surface area contributed by atoms with E-state index in [0.717, 1.165) is 10.0 Å². The Morgan fingerprint density at radius 3 is 2.50 bits per heavy atom. The Labute approximate surface area is 105 Å². The smallest absolute Gasteiger partial charge is 0.237 e. The van der Waals surface area contributed by atoms with Gasteiger partial charge in [-0.1, -0.05) is 34.1 Å². The van der Waals surface area contributed by atoms with Crippen LogP contribution in [-0.2, 0) is 4.79 Å². The van der Waals surface area contributed by atoms with Crippen LogP contribution in [-0.4, -0.2) is 19.0 Å². The molecule has 0 aliphatic rings. The zero-order chi connectivity index (χ0) is 12.1. The Hall–Kier alpha value is -0.870. The van der Waals surface area contributed by atoms with E-state index < -0.39 is 0 Å². The number of amides is 1. The third kappa shape index (κ3) is 3.32. The minimum Gasteiger partial charge on any atom is -0.348 e. The number of hydrogen-bond donors (Lipinski definition) is 2. The number of carbonyl (C=O) groups excluding carboxylic acids is 1. The molecule has 0 aliphatic heterocycles. The molecule has 0 spiro atoms. The van der Waals surface area contributed by atoms with Crippen molar-refractivity contribution in [2.45, 2.75) is 25.9 Å². The van der Waals surface area contributed by atoms with Gasteiger partial charge in [0, 0.05) is 4.47 Å². The summed E-state index contributed by atoms with van der Waals surface area (Å²) in [5.41, 5.74) is 1.08. The van der Waals surface area contributed by atoms with E-state index in [0.29, 0.717) is 0 Å². The van der Waals surface area contributed by atoms with Gasteiger partial charge in [0.05, 0.1) is 12.1 Å². The Morgan fingerprint density at radius 2 is 1.94 bits per heavy atom. The first-order valence-electron chi connectivity index (χ1n) is 5.28. The van der Waals surface area contributed by atoms with Gasteiger partial charge in [0.25, 0.3) is 0 Å². The molecule has 2 atom stereocenters. The monoisotopic (exact) mass is 284 g/mol. The molecule has 0 saturated carbocycles. The fourth-order valence-electron chi connectivity index (χ4n) is 1.37. The molecule has 16 heavy (non-hydrogen) atoms. The molecule has 3 nitrogen and oxygen atoms in total. The van der Waals surface area contributed by atoms with E-state index >= 15 is 0 Å². The molecule has 88 valence electrons. The summed E-state index contributed by atoms with van der Waals surface area (Å²) in [5, 5.41) is 5.87. The third-order valence-corrected chi connectivity index (χ3v) is 3.28. The van der Waals surface area contributed by atoms with Crippen molar-refractivity contribution in [2.24, 2.45) is 0 Å². The maximum absolute atomic E-state index is 11.7. The highest BCUT2D eigenvalue weighted by molar-refractivity contribution is 9.10. The minimum absolute atomic E-state index is 0.00104. The first-order valence-corrected chi connectivity index (χ1v) is 6.07. The molecular formula is C12H17BrN2O. The van der Waals surface area contributed by atoms with Crippen molar-refractivity contribution >= 4 is 21.8 Å². The predicted octanol–water partition coefficient (Wildman–Crippen LogP) is 2.23. The van der Waals surface area contributed by atoms with E-state index in [1.165, 1.54) is 0 Å². The van der Waals surface area contributed by atoms with Gasteiger partial charge < -0.3 is 10.6 Å². The largest absolute Gasteiger partial charge is 0.348 e. The molecule has 1 unspecified atom stereocenters. The molecule has 1 aromatic carbocycles. The Balaban J connectivity index is 2.69. The predicted molar refractivity (Wildman–Crippen MR) is 69.2 cm³/mol. The summed E-state index contributed by atoms with van der Waals surface area (Å²) in [7, 11) is 1.77. The Bertz CT molecular complexity index is 368. The zero-order valence-electron chi connectivity index (χ0n) is 9.75. The highest BCUT2D eigenvalue weighted by Gasteiger charge is 2.15. The average molecular weight is 285 g/mol. The summed E-state index contributed by atoms with van der Waals surface area (Å²) in [5.74, 6) is 0.00533. The van der Waals surface area contributed by atoms with Crippen LogP contribution in [0.2, 0.25) is 0 Å². The normalized spacial score (nSPS) is 14.2. The lowest BCUT2D eigenvalue weighted by Crippen LogP contribution is -2.41. The van der Waals surface area contributed by atoms with Crippen LogP contribution in [0.25, 0.3) is 0 Å². The molecule has 0 aliphatic carbocycles. The van der Waals surface area contributed by atoms with Crippen LogP contribution in [0.1, 0.15) is 25.5 Å². The van der Waals surface area contributed by atoms with Crippen LogP contribution >= 0.6 is 15.9 Å². The van der Waals surface area contributed by atoms with Gasteiger partial charge in [0.15, 0.2) is 0 Å². The standard InChI is InChI=1S/C12H17BrN2O/c1-8(15-12(16)9(2)14-3)10-6-4-5-7-11(10)13/h4-9,14H,1-3H3,(H,15,16)/t8-,9?/m0/s1. The van der Waals surface area contributed by atoms with Crippen molar-refractivity contribution in [2.75, 3.05) is 7.05 Å². The summed E-state index contributed by atoms with van der Waals surface area (Å²) < 4.78 is 1.01. The lowest BCUT2D eigenvalue weighted by Gasteiger charge is -2.18. The Kier molecular flexibility index (Phi) is 4.96. The van der Waals surface area contributed by atoms with Crippen molar-refractivity contribution in [1.82, 2.24) is 10.6 Å². The number of carbonyl (C=O) groups is 1. The SMILES string of the molecule is CNC(C)C(=O)N[C@@H](C)c1ccccc1Br. The van der Waals surface area contributed by atoms with Gasteiger partial charge in [0.2, 0.25) is 5.91 Å². The van der Waals surface area contributed by atoms with E-state index in [1.54, 1.807) is 7.05 Å². The van der Waals surface area contributed by atoms with Gasteiger partial charge in [-0.15, -0.1) is 0 Å². The van der Waals surface area contributed by atoms with E-state index in [-0.39, 0.29) is 18.0 Å². The number of likely N-dealkylation sites (N-methyl/N-ethyl adjacent to an activating group) is 1. The maximum Gasteiger partial charge on any atom is 0.237 e. The second-order valence-corrected chi connectivity index (χ2v) is 4.62. The number of benzene rings is 1. The molecule has 1 aromatic rings. The molecule has 1 amide bonds. The highest BCUT2D eigenvalue weighted by atomic mass is 79.9. The fourth-order valence-corrected chi connectivity index (χ4v) is 2.00. The van der Waals surface area contributed by atoms with Crippen molar-refractivity contribution in [3.05, 3.63) is 34.3 Å². The van der Waals surface area contributed by atoms with Gasteiger partial charge >= 0.3 is 0 Å². The molecule has 2 N–H and O–H groups in total. The first-order chi connectivity index (χ1) is 7.56. The minimum atomic E-state index is -0.176. The third-order valence-electron chi connectivity index (χ3n) is 2.56. The van der Waals surface area contributed by atoms with Gasteiger partial charge in [-0.05, 0) is 32.5 Å². The quantitative estimate of drug-likeness (QED) is 0.890. The fraction of sp³-hybridized carbons (Fsp3) is 0.417. The topological polar surface area (TPSA) is 41.1 Å². The first kappa shape index (κ1) is 13.2. The van der Waals surface area contributed by atoms with Crippen LogP contribution in [0.4, 0.5) is 0 Å². The number of halogens is 1. The lowest BCUT2D eigenvalue weighted by molar-refractivity contribution is -0.123. The number of hydrogen-bond acceptors (Lipinski definition) is 2. The molecule has 4 heteroatoms. The van der Waals surface area contributed by atoms with Gasteiger partial charge in [0.1, 0.15) is 0 Å².